The molecule has 0 radical (unpaired) electrons. The molecule has 2 N–H and O–H groups in total. The number of ether oxygens (including phenoxy) is 1. The van der Waals surface area contributed by atoms with E-state index in [1.54, 1.807) is 6.07 Å². The van der Waals surface area contributed by atoms with Gasteiger partial charge < -0.3 is 10.5 Å². The maximum Gasteiger partial charge on any atom is 0.216 e. The van der Waals surface area contributed by atoms with E-state index in [4.69, 9.17) is 10.5 Å². The van der Waals surface area contributed by atoms with Crippen LogP contribution in [-0.4, -0.2) is 16.6 Å². The molecule has 1 heterocycles. The molecule has 0 aliphatic heterocycles. The molecule has 0 aliphatic carbocycles. The molecule has 0 saturated carbocycles. The fourth-order valence-electron chi connectivity index (χ4n) is 0.919. The highest BCUT2D eigenvalue weighted by atomic mass is 16.5. The SMILES string of the molecule is CCOc1cc(C(C)(C)N)ncn1. The van der Waals surface area contributed by atoms with Crippen LogP contribution in [0.3, 0.4) is 0 Å². The molecule has 0 fully saturated rings. The van der Waals surface area contributed by atoms with Crippen LogP contribution < -0.4 is 10.5 Å². The van der Waals surface area contributed by atoms with Crippen molar-refractivity contribution in [1.29, 1.82) is 0 Å². The van der Waals surface area contributed by atoms with Gasteiger partial charge in [-0.1, -0.05) is 0 Å². The summed E-state index contributed by atoms with van der Waals surface area (Å²) in [7, 11) is 0. The Morgan fingerprint density at radius 2 is 2.15 bits per heavy atom. The van der Waals surface area contributed by atoms with Gasteiger partial charge in [-0.2, -0.15) is 0 Å². The van der Waals surface area contributed by atoms with Gasteiger partial charge in [-0.3, -0.25) is 0 Å². The molecule has 13 heavy (non-hydrogen) atoms. The molecule has 0 amide bonds. The first-order valence-corrected chi connectivity index (χ1v) is 4.28. The predicted octanol–water partition coefficient (Wildman–Crippen LogP) is 1.07. The summed E-state index contributed by atoms with van der Waals surface area (Å²) in [5.74, 6) is 0.575. The third-order valence-electron chi connectivity index (χ3n) is 1.59. The average molecular weight is 181 g/mol. The van der Waals surface area contributed by atoms with Crippen molar-refractivity contribution in [3.05, 3.63) is 18.1 Å². The van der Waals surface area contributed by atoms with Crippen LogP contribution in [0.15, 0.2) is 12.4 Å². The lowest BCUT2D eigenvalue weighted by Gasteiger charge is -2.17. The lowest BCUT2D eigenvalue weighted by atomic mass is 10.0. The van der Waals surface area contributed by atoms with Gasteiger partial charge in [0.05, 0.1) is 17.8 Å². The molecular weight excluding hydrogens is 166 g/mol. The van der Waals surface area contributed by atoms with Crippen molar-refractivity contribution >= 4 is 0 Å². The molecule has 0 aromatic carbocycles. The molecule has 1 aromatic heterocycles. The zero-order valence-corrected chi connectivity index (χ0v) is 8.24. The fourth-order valence-corrected chi connectivity index (χ4v) is 0.919. The van der Waals surface area contributed by atoms with Crippen molar-refractivity contribution in [3.8, 4) is 5.88 Å². The predicted molar refractivity (Wildman–Crippen MR) is 50.4 cm³/mol. The van der Waals surface area contributed by atoms with Gasteiger partial charge in [0.1, 0.15) is 6.33 Å². The van der Waals surface area contributed by atoms with Crippen molar-refractivity contribution < 1.29 is 4.74 Å². The van der Waals surface area contributed by atoms with Crippen LogP contribution in [0.5, 0.6) is 5.88 Å². The summed E-state index contributed by atoms with van der Waals surface area (Å²) >= 11 is 0. The standard InChI is InChI=1S/C9H15N3O/c1-4-13-8-5-7(9(2,3)10)11-6-12-8/h5-6H,4,10H2,1-3H3. The summed E-state index contributed by atoms with van der Waals surface area (Å²) in [6.07, 6.45) is 1.47. The number of nitrogens with two attached hydrogens (primary N) is 1. The minimum Gasteiger partial charge on any atom is -0.478 e. The molecule has 0 saturated heterocycles. The Bertz CT molecular complexity index is 280. The Balaban J connectivity index is 2.92. The van der Waals surface area contributed by atoms with E-state index in [2.05, 4.69) is 9.97 Å². The number of aromatic nitrogens is 2. The van der Waals surface area contributed by atoms with Crippen molar-refractivity contribution in [2.24, 2.45) is 5.73 Å². The van der Waals surface area contributed by atoms with Crippen LogP contribution in [0.25, 0.3) is 0 Å². The van der Waals surface area contributed by atoms with Gasteiger partial charge in [0.15, 0.2) is 0 Å². The van der Waals surface area contributed by atoms with Crippen LogP contribution >= 0.6 is 0 Å². The molecule has 72 valence electrons. The van der Waals surface area contributed by atoms with E-state index >= 15 is 0 Å². The first kappa shape index (κ1) is 9.92. The first-order valence-electron chi connectivity index (χ1n) is 4.28. The van der Waals surface area contributed by atoms with Gasteiger partial charge in [-0.15, -0.1) is 0 Å². The maximum atomic E-state index is 5.88. The minimum absolute atomic E-state index is 0.450. The lowest BCUT2D eigenvalue weighted by molar-refractivity contribution is 0.324. The molecule has 0 atom stereocenters. The van der Waals surface area contributed by atoms with E-state index in [1.165, 1.54) is 6.33 Å². The number of hydrogen-bond acceptors (Lipinski definition) is 4. The summed E-state index contributed by atoms with van der Waals surface area (Å²) in [6, 6.07) is 1.77. The second-order valence-corrected chi connectivity index (χ2v) is 3.40. The highest BCUT2D eigenvalue weighted by Gasteiger charge is 2.16. The molecule has 1 rings (SSSR count). The Hall–Kier alpha value is -1.16. The van der Waals surface area contributed by atoms with Crippen LogP contribution in [0, 0.1) is 0 Å². The molecule has 0 spiro atoms. The third-order valence-corrected chi connectivity index (χ3v) is 1.59. The maximum absolute atomic E-state index is 5.88. The monoisotopic (exact) mass is 181 g/mol. The fraction of sp³-hybridized carbons (Fsp3) is 0.556. The second-order valence-electron chi connectivity index (χ2n) is 3.40. The molecule has 0 unspecified atom stereocenters. The van der Waals surface area contributed by atoms with E-state index in [1.807, 2.05) is 20.8 Å². The molecular formula is C9H15N3O. The number of rotatable bonds is 3. The minimum atomic E-state index is -0.450. The highest BCUT2D eigenvalue weighted by Crippen LogP contribution is 2.16. The van der Waals surface area contributed by atoms with Crippen LogP contribution in [0.2, 0.25) is 0 Å². The summed E-state index contributed by atoms with van der Waals surface area (Å²) < 4.78 is 5.24. The number of nitrogens with zero attached hydrogens (tertiary/aromatic N) is 2. The summed E-state index contributed by atoms with van der Waals surface area (Å²) in [6.45, 7) is 6.30. The van der Waals surface area contributed by atoms with E-state index in [0.29, 0.717) is 12.5 Å². The van der Waals surface area contributed by atoms with Gasteiger partial charge in [0.25, 0.3) is 0 Å². The second kappa shape index (κ2) is 3.70. The Labute approximate surface area is 78.1 Å². The van der Waals surface area contributed by atoms with E-state index in [0.717, 1.165) is 5.69 Å². The van der Waals surface area contributed by atoms with Gasteiger partial charge in [0.2, 0.25) is 5.88 Å². The van der Waals surface area contributed by atoms with Crippen molar-refractivity contribution in [3.63, 3.8) is 0 Å². The average Bonchev–Trinajstić information content (AvgIpc) is 2.04. The number of hydrogen-bond donors (Lipinski definition) is 1. The topological polar surface area (TPSA) is 61.0 Å². The smallest absolute Gasteiger partial charge is 0.216 e. The van der Waals surface area contributed by atoms with Crippen molar-refractivity contribution in [1.82, 2.24) is 9.97 Å². The van der Waals surface area contributed by atoms with Gasteiger partial charge in [0, 0.05) is 6.07 Å². The van der Waals surface area contributed by atoms with Crippen LogP contribution in [0.4, 0.5) is 0 Å². The van der Waals surface area contributed by atoms with E-state index < -0.39 is 5.54 Å². The quantitative estimate of drug-likeness (QED) is 0.757. The first-order chi connectivity index (χ1) is 6.04. The zero-order valence-electron chi connectivity index (χ0n) is 8.24. The normalized spacial score (nSPS) is 11.4. The van der Waals surface area contributed by atoms with E-state index in [-0.39, 0.29) is 0 Å². The highest BCUT2D eigenvalue weighted by molar-refractivity contribution is 5.18. The Morgan fingerprint density at radius 1 is 1.46 bits per heavy atom. The molecule has 0 aliphatic rings. The summed E-state index contributed by atoms with van der Waals surface area (Å²) in [5, 5.41) is 0. The molecule has 0 bridgehead atoms. The van der Waals surface area contributed by atoms with Crippen molar-refractivity contribution in [2.45, 2.75) is 26.3 Å². The van der Waals surface area contributed by atoms with Crippen LogP contribution in [0.1, 0.15) is 26.5 Å². The van der Waals surface area contributed by atoms with Crippen molar-refractivity contribution in [2.75, 3.05) is 6.61 Å². The molecule has 4 nitrogen and oxygen atoms in total. The molecule has 4 heteroatoms. The Morgan fingerprint density at radius 3 is 2.69 bits per heavy atom. The largest absolute Gasteiger partial charge is 0.478 e. The third kappa shape index (κ3) is 2.66. The molecule has 1 aromatic rings. The van der Waals surface area contributed by atoms with E-state index in [9.17, 15) is 0 Å². The lowest BCUT2D eigenvalue weighted by Crippen LogP contribution is -2.29. The van der Waals surface area contributed by atoms with Gasteiger partial charge in [-0.25, -0.2) is 9.97 Å². The van der Waals surface area contributed by atoms with Gasteiger partial charge >= 0.3 is 0 Å². The zero-order chi connectivity index (χ0) is 9.90. The van der Waals surface area contributed by atoms with Crippen LogP contribution in [-0.2, 0) is 5.54 Å². The summed E-state index contributed by atoms with van der Waals surface area (Å²) in [4.78, 5) is 8.03. The Kier molecular flexibility index (Phi) is 2.83. The summed E-state index contributed by atoms with van der Waals surface area (Å²) in [5.41, 5.74) is 6.21. The van der Waals surface area contributed by atoms with Gasteiger partial charge in [-0.05, 0) is 20.8 Å².